The number of ether oxygens (including phenoxy) is 1. The molecule has 0 saturated carbocycles. The zero-order valence-corrected chi connectivity index (χ0v) is 14.6. The number of carbonyl (C=O) groups excluding carboxylic acids is 1. The number of benzene rings is 1. The SMILES string of the molecule is CC1CN(C(=O)NC(C)(C)CN(C)C)c2cc(Cl)ccc2O1. The molecule has 1 aliphatic heterocycles. The highest BCUT2D eigenvalue weighted by atomic mass is 35.5. The van der Waals surface area contributed by atoms with Gasteiger partial charge in [0.2, 0.25) is 0 Å². The molecule has 1 N–H and O–H groups in total. The summed E-state index contributed by atoms with van der Waals surface area (Å²) >= 11 is 6.06. The van der Waals surface area contributed by atoms with Crippen LogP contribution in [0.4, 0.5) is 10.5 Å². The second-order valence-corrected chi connectivity index (χ2v) is 7.14. The van der Waals surface area contributed by atoms with Crippen molar-refractivity contribution in [3.05, 3.63) is 23.2 Å². The molecule has 22 heavy (non-hydrogen) atoms. The highest BCUT2D eigenvalue weighted by molar-refractivity contribution is 6.31. The van der Waals surface area contributed by atoms with E-state index in [9.17, 15) is 4.79 Å². The van der Waals surface area contributed by atoms with E-state index >= 15 is 0 Å². The number of anilines is 1. The first-order valence-electron chi connectivity index (χ1n) is 7.38. The van der Waals surface area contributed by atoms with E-state index in [0.717, 1.165) is 6.54 Å². The third kappa shape index (κ3) is 4.05. The van der Waals surface area contributed by atoms with Gasteiger partial charge in [-0.05, 0) is 53.1 Å². The lowest BCUT2D eigenvalue weighted by atomic mass is 10.1. The highest BCUT2D eigenvalue weighted by Gasteiger charge is 2.31. The Hall–Kier alpha value is -1.46. The quantitative estimate of drug-likeness (QED) is 0.929. The molecule has 1 aromatic carbocycles. The molecule has 2 rings (SSSR count). The van der Waals surface area contributed by atoms with Crippen molar-refractivity contribution in [2.45, 2.75) is 32.4 Å². The second-order valence-electron chi connectivity index (χ2n) is 6.70. The Morgan fingerprint density at radius 3 is 2.82 bits per heavy atom. The van der Waals surface area contributed by atoms with Gasteiger partial charge in [0.15, 0.2) is 0 Å². The summed E-state index contributed by atoms with van der Waals surface area (Å²) in [5.41, 5.74) is 0.379. The van der Waals surface area contributed by atoms with E-state index in [1.165, 1.54) is 0 Å². The highest BCUT2D eigenvalue weighted by Crippen LogP contribution is 2.35. The van der Waals surface area contributed by atoms with Crippen molar-refractivity contribution in [2.75, 3.05) is 32.1 Å². The minimum absolute atomic E-state index is 0.0589. The van der Waals surface area contributed by atoms with Gasteiger partial charge < -0.3 is 15.0 Å². The number of amides is 2. The van der Waals surface area contributed by atoms with Crippen molar-refractivity contribution in [3.63, 3.8) is 0 Å². The first-order valence-corrected chi connectivity index (χ1v) is 7.76. The van der Waals surface area contributed by atoms with E-state index in [0.29, 0.717) is 23.0 Å². The fourth-order valence-electron chi connectivity index (χ4n) is 2.79. The summed E-state index contributed by atoms with van der Waals surface area (Å²) in [6.45, 7) is 7.21. The molecule has 122 valence electrons. The van der Waals surface area contributed by atoms with Gasteiger partial charge >= 0.3 is 6.03 Å². The maximum atomic E-state index is 12.7. The molecule has 0 bridgehead atoms. The summed E-state index contributed by atoms with van der Waals surface area (Å²) in [6, 6.07) is 5.20. The Bertz CT molecular complexity index is 560. The van der Waals surface area contributed by atoms with Crippen molar-refractivity contribution in [1.82, 2.24) is 10.2 Å². The number of nitrogens with one attached hydrogen (secondary N) is 1. The van der Waals surface area contributed by atoms with Gasteiger partial charge in [-0.25, -0.2) is 4.79 Å². The normalized spacial score (nSPS) is 18.0. The first kappa shape index (κ1) is 16.9. The van der Waals surface area contributed by atoms with Crippen molar-refractivity contribution in [1.29, 1.82) is 0 Å². The Labute approximate surface area is 137 Å². The van der Waals surface area contributed by atoms with Gasteiger partial charge in [-0.15, -0.1) is 0 Å². The molecule has 1 aromatic rings. The molecule has 0 fully saturated rings. The van der Waals surface area contributed by atoms with E-state index in [-0.39, 0.29) is 17.7 Å². The average molecular weight is 326 g/mol. The molecular formula is C16H24ClN3O2. The maximum Gasteiger partial charge on any atom is 0.322 e. The molecule has 5 nitrogen and oxygen atoms in total. The van der Waals surface area contributed by atoms with E-state index in [1.807, 2.05) is 39.8 Å². The second kappa shape index (κ2) is 6.34. The van der Waals surface area contributed by atoms with Crippen LogP contribution in [0.2, 0.25) is 5.02 Å². The zero-order chi connectivity index (χ0) is 16.5. The van der Waals surface area contributed by atoms with Gasteiger partial charge in [-0.3, -0.25) is 4.90 Å². The van der Waals surface area contributed by atoms with Crippen LogP contribution in [0.5, 0.6) is 5.75 Å². The predicted molar refractivity (Wildman–Crippen MR) is 90.1 cm³/mol. The van der Waals surface area contributed by atoms with Crippen LogP contribution in [0.15, 0.2) is 18.2 Å². The van der Waals surface area contributed by atoms with E-state index in [4.69, 9.17) is 16.3 Å². The first-order chi connectivity index (χ1) is 10.2. The van der Waals surface area contributed by atoms with Crippen molar-refractivity contribution in [2.24, 2.45) is 0 Å². The molecule has 2 amide bonds. The molecule has 0 aromatic heterocycles. The van der Waals surface area contributed by atoms with Crippen LogP contribution >= 0.6 is 11.6 Å². The van der Waals surface area contributed by atoms with Crippen molar-refractivity contribution < 1.29 is 9.53 Å². The summed E-state index contributed by atoms with van der Waals surface area (Å²) in [7, 11) is 3.97. The van der Waals surface area contributed by atoms with E-state index in [1.54, 1.807) is 23.1 Å². The lowest BCUT2D eigenvalue weighted by Gasteiger charge is -2.37. The summed E-state index contributed by atoms with van der Waals surface area (Å²) in [5.74, 6) is 0.684. The lowest BCUT2D eigenvalue weighted by molar-refractivity contribution is 0.197. The number of halogens is 1. The van der Waals surface area contributed by atoms with E-state index < -0.39 is 0 Å². The molecular weight excluding hydrogens is 302 g/mol. The van der Waals surface area contributed by atoms with Crippen LogP contribution in [0.1, 0.15) is 20.8 Å². The number of hydrogen-bond acceptors (Lipinski definition) is 3. The largest absolute Gasteiger partial charge is 0.487 e. The minimum Gasteiger partial charge on any atom is -0.487 e. The molecule has 0 radical (unpaired) electrons. The average Bonchev–Trinajstić information content (AvgIpc) is 2.36. The van der Waals surface area contributed by atoms with Crippen molar-refractivity contribution >= 4 is 23.3 Å². The summed E-state index contributed by atoms with van der Waals surface area (Å²) in [6.07, 6.45) is -0.0589. The Morgan fingerprint density at radius 1 is 1.50 bits per heavy atom. The van der Waals surface area contributed by atoms with Crippen LogP contribution in [-0.4, -0.2) is 49.8 Å². The third-order valence-corrected chi connectivity index (χ3v) is 3.62. The van der Waals surface area contributed by atoms with Gasteiger partial charge in [-0.1, -0.05) is 11.6 Å². The fraction of sp³-hybridized carbons (Fsp3) is 0.562. The number of rotatable bonds is 3. The maximum absolute atomic E-state index is 12.7. The molecule has 1 atom stereocenters. The van der Waals surface area contributed by atoms with Crippen LogP contribution in [-0.2, 0) is 0 Å². The summed E-state index contributed by atoms with van der Waals surface area (Å²) in [5, 5.41) is 3.67. The Kier molecular flexibility index (Phi) is 4.87. The lowest BCUT2D eigenvalue weighted by Crippen LogP contribution is -2.56. The van der Waals surface area contributed by atoms with E-state index in [2.05, 4.69) is 5.32 Å². The monoisotopic (exact) mass is 325 g/mol. The minimum atomic E-state index is -0.332. The number of carbonyl (C=O) groups is 1. The summed E-state index contributed by atoms with van der Waals surface area (Å²) < 4.78 is 5.77. The molecule has 1 heterocycles. The van der Waals surface area contributed by atoms with Gasteiger partial charge in [0.1, 0.15) is 11.9 Å². The number of hydrogen-bond donors (Lipinski definition) is 1. The number of nitrogens with zero attached hydrogens (tertiary/aromatic N) is 2. The number of fused-ring (bicyclic) bond motifs is 1. The molecule has 0 saturated heterocycles. The van der Waals surface area contributed by atoms with Crippen LogP contribution in [0, 0.1) is 0 Å². The third-order valence-electron chi connectivity index (χ3n) is 3.38. The Balaban J connectivity index is 2.22. The topological polar surface area (TPSA) is 44.8 Å². The molecule has 1 unspecified atom stereocenters. The predicted octanol–water partition coefficient (Wildman–Crippen LogP) is 2.98. The standard InChI is InChI=1S/C16H24ClN3O2/c1-11-9-20(13-8-12(17)6-7-14(13)22-11)15(21)18-16(2,3)10-19(4)5/h6-8,11H,9-10H2,1-5H3,(H,18,21). The molecule has 1 aliphatic rings. The van der Waals surface area contributed by atoms with Crippen LogP contribution in [0.3, 0.4) is 0 Å². The number of urea groups is 1. The van der Waals surface area contributed by atoms with Gasteiger partial charge in [0.25, 0.3) is 0 Å². The number of likely N-dealkylation sites (N-methyl/N-ethyl adjacent to an activating group) is 1. The van der Waals surface area contributed by atoms with Gasteiger partial charge in [0, 0.05) is 17.1 Å². The summed E-state index contributed by atoms with van der Waals surface area (Å²) in [4.78, 5) is 16.5. The fourth-order valence-corrected chi connectivity index (χ4v) is 2.96. The van der Waals surface area contributed by atoms with Gasteiger partial charge in [0.05, 0.1) is 12.2 Å². The van der Waals surface area contributed by atoms with Crippen LogP contribution in [0.25, 0.3) is 0 Å². The molecule has 0 spiro atoms. The smallest absolute Gasteiger partial charge is 0.322 e. The van der Waals surface area contributed by atoms with Gasteiger partial charge in [-0.2, -0.15) is 0 Å². The molecule has 6 heteroatoms. The zero-order valence-electron chi connectivity index (χ0n) is 13.8. The molecule has 0 aliphatic carbocycles. The van der Waals surface area contributed by atoms with Crippen LogP contribution < -0.4 is 15.0 Å². The Morgan fingerprint density at radius 2 is 2.18 bits per heavy atom. The van der Waals surface area contributed by atoms with Crippen molar-refractivity contribution in [3.8, 4) is 5.75 Å².